The van der Waals surface area contributed by atoms with Crippen molar-refractivity contribution in [2.75, 3.05) is 5.32 Å². The zero-order valence-corrected chi connectivity index (χ0v) is 13.9. The SMILES string of the molecule is NC(=O)C1(C(=O)Nc2ccc(O)cc2)CC1c1ccc(Cl)cc1Cl. The molecule has 7 heteroatoms. The molecular weight excluding hydrogens is 351 g/mol. The molecule has 2 aromatic rings. The molecular formula is C17H14Cl2N2O3. The van der Waals surface area contributed by atoms with Gasteiger partial charge in [-0.3, -0.25) is 9.59 Å². The maximum Gasteiger partial charge on any atom is 0.240 e. The fourth-order valence-corrected chi connectivity index (χ4v) is 3.39. The molecule has 1 saturated carbocycles. The van der Waals surface area contributed by atoms with Gasteiger partial charge in [0.15, 0.2) is 0 Å². The number of carbonyl (C=O) groups excluding carboxylic acids is 2. The van der Waals surface area contributed by atoms with Crippen molar-refractivity contribution in [3.8, 4) is 5.75 Å². The van der Waals surface area contributed by atoms with Gasteiger partial charge in [-0.15, -0.1) is 0 Å². The van der Waals surface area contributed by atoms with Crippen molar-refractivity contribution in [3.05, 3.63) is 58.1 Å². The van der Waals surface area contributed by atoms with Gasteiger partial charge in [-0.05, 0) is 48.4 Å². The van der Waals surface area contributed by atoms with Crippen LogP contribution in [0.3, 0.4) is 0 Å². The Kier molecular flexibility index (Phi) is 4.15. The predicted octanol–water partition coefficient (Wildman–Crippen LogP) is 3.30. The summed E-state index contributed by atoms with van der Waals surface area (Å²) in [7, 11) is 0. The number of carbonyl (C=O) groups is 2. The molecule has 4 N–H and O–H groups in total. The lowest BCUT2D eigenvalue weighted by Gasteiger charge is -2.15. The molecule has 1 fully saturated rings. The Bertz CT molecular complexity index is 823. The molecule has 0 spiro atoms. The highest BCUT2D eigenvalue weighted by Crippen LogP contribution is 2.61. The molecule has 0 aromatic heterocycles. The van der Waals surface area contributed by atoms with Crippen LogP contribution in [0.15, 0.2) is 42.5 Å². The van der Waals surface area contributed by atoms with Crippen LogP contribution in [0.2, 0.25) is 10.0 Å². The summed E-state index contributed by atoms with van der Waals surface area (Å²) in [6.45, 7) is 0. The minimum Gasteiger partial charge on any atom is -0.508 e. The average Bonchev–Trinajstić information content (AvgIpc) is 3.26. The van der Waals surface area contributed by atoms with Crippen LogP contribution in [0.4, 0.5) is 5.69 Å². The minimum atomic E-state index is -1.34. The summed E-state index contributed by atoms with van der Waals surface area (Å²) in [5.74, 6) is -1.50. The first kappa shape index (κ1) is 16.6. The zero-order chi connectivity index (χ0) is 17.5. The van der Waals surface area contributed by atoms with Gasteiger partial charge < -0.3 is 16.2 Å². The Balaban J connectivity index is 1.87. The van der Waals surface area contributed by atoms with Gasteiger partial charge in [0.25, 0.3) is 0 Å². The first-order chi connectivity index (χ1) is 11.3. The lowest BCUT2D eigenvalue weighted by molar-refractivity contribution is -0.132. The summed E-state index contributed by atoms with van der Waals surface area (Å²) < 4.78 is 0. The summed E-state index contributed by atoms with van der Waals surface area (Å²) in [6, 6.07) is 10.9. The van der Waals surface area contributed by atoms with Gasteiger partial charge in [0.2, 0.25) is 11.8 Å². The van der Waals surface area contributed by atoms with Gasteiger partial charge in [-0.25, -0.2) is 0 Å². The molecule has 0 heterocycles. The van der Waals surface area contributed by atoms with E-state index in [0.29, 0.717) is 21.3 Å². The smallest absolute Gasteiger partial charge is 0.240 e. The monoisotopic (exact) mass is 364 g/mol. The minimum absolute atomic E-state index is 0.0786. The Morgan fingerprint density at radius 2 is 1.83 bits per heavy atom. The van der Waals surface area contributed by atoms with Crippen LogP contribution in [0.1, 0.15) is 17.9 Å². The molecule has 3 rings (SSSR count). The number of amides is 2. The van der Waals surface area contributed by atoms with Crippen molar-refractivity contribution in [1.29, 1.82) is 0 Å². The van der Waals surface area contributed by atoms with Gasteiger partial charge in [-0.2, -0.15) is 0 Å². The van der Waals surface area contributed by atoms with E-state index in [0.717, 1.165) is 0 Å². The number of nitrogens with one attached hydrogen (secondary N) is 1. The summed E-state index contributed by atoms with van der Waals surface area (Å²) in [4.78, 5) is 24.6. The van der Waals surface area contributed by atoms with E-state index < -0.39 is 23.1 Å². The number of phenolic OH excluding ortho intramolecular Hbond substituents is 1. The van der Waals surface area contributed by atoms with Crippen molar-refractivity contribution in [2.45, 2.75) is 12.3 Å². The van der Waals surface area contributed by atoms with E-state index >= 15 is 0 Å². The van der Waals surface area contributed by atoms with Crippen LogP contribution < -0.4 is 11.1 Å². The summed E-state index contributed by atoms with van der Waals surface area (Å²) in [5, 5.41) is 12.8. The van der Waals surface area contributed by atoms with Gasteiger partial charge in [0.05, 0.1) is 0 Å². The molecule has 0 aliphatic heterocycles. The average molecular weight is 365 g/mol. The fourth-order valence-electron chi connectivity index (χ4n) is 2.85. The number of anilines is 1. The number of hydrogen-bond acceptors (Lipinski definition) is 3. The van der Waals surface area contributed by atoms with Crippen molar-refractivity contribution in [3.63, 3.8) is 0 Å². The van der Waals surface area contributed by atoms with Crippen LogP contribution in [0.25, 0.3) is 0 Å². The highest BCUT2D eigenvalue weighted by Gasteiger charge is 2.65. The van der Waals surface area contributed by atoms with Crippen molar-refractivity contribution >= 4 is 40.7 Å². The largest absolute Gasteiger partial charge is 0.508 e. The van der Waals surface area contributed by atoms with Crippen molar-refractivity contribution < 1.29 is 14.7 Å². The maximum atomic E-state index is 12.6. The molecule has 24 heavy (non-hydrogen) atoms. The van der Waals surface area contributed by atoms with Gasteiger partial charge >= 0.3 is 0 Å². The Morgan fingerprint density at radius 1 is 1.17 bits per heavy atom. The van der Waals surface area contributed by atoms with Crippen molar-refractivity contribution in [1.82, 2.24) is 0 Å². The molecule has 1 aliphatic rings. The van der Waals surface area contributed by atoms with Crippen molar-refractivity contribution in [2.24, 2.45) is 11.1 Å². The van der Waals surface area contributed by atoms with E-state index in [1.807, 2.05) is 0 Å². The molecule has 124 valence electrons. The molecule has 0 radical (unpaired) electrons. The fraction of sp³-hybridized carbons (Fsp3) is 0.176. The van der Waals surface area contributed by atoms with Crippen LogP contribution in [-0.4, -0.2) is 16.9 Å². The number of primary amides is 1. The maximum absolute atomic E-state index is 12.6. The number of aromatic hydroxyl groups is 1. The van der Waals surface area contributed by atoms with Crippen LogP contribution in [-0.2, 0) is 9.59 Å². The van der Waals surface area contributed by atoms with Gasteiger partial charge in [0, 0.05) is 21.7 Å². The molecule has 0 saturated heterocycles. The van der Waals surface area contributed by atoms with E-state index in [4.69, 9.17) is 28.9 Å². The molecule has 0 bridgehead atoms. The van der Waals surface area contributed by atoms with E-state index in [9.17, 15) is 14.7 Å². The van der Waals surface area contributed by atoms with E-state index in [1.165, 1.54) is 24.3 Å². The lowest BCUT2D eigenvalue weighted by Crippen LogP contribution is -2.37. The summed E-state index contributed by atoms with van der Waals surface area (Å²) in [6.07, 6.45) is 0.285. The number of rotatable bonds is 4. The second-order valence-electron chi connectivity index (χ2n) is 5.76. The lowest BCUT2D eigenvalue weighted by atomic mass is 9.97. The quantitative estimate of drug-likeness (QED) is 0.573. The highest BCUT2D eigenvalue weighted by molar-refractivity contribution is 6.35. The number of nitrogens with two attached hydrogens (primary N) is 1. The third kappa shape index (κ3) is 2.81. The second kappa shape index (κ2) is 6.00. The third-order valence-electron chi connectivity index (χ3n) is 4.27. The number of hydrogen-bond donors (Lipinski definition) is 3. The van der Waals surface area contributed by atoms with Crippen LogP contribution in [0, 0.1) is 5.41 Å². The normalized spacial score (nSPS) is 22.0. The first-order valence-corrected chi connectivity index (χ1v) is 7.95. The molecule has 2 amide bonds. The predicted molar refractivity (Wildman–Crippen MR) is 92.2 cm³/mol. The summed E-state index contributed by atoms with van der Waals surface area (Å²) in [5.41, 5.74) is 5.30. The highest BCUT2D eigenvalue weighted by atomic mass is 35.5. The molecule has 2 atom stereocenters. The number of benzene rings is 2. The van der Waals surface area contributed by atoms with E-state index in [2.05, 4.69) is 5.32 Å². The van der Waals surface area contributed by atoms with E-state index in [1.54, 1.807) is 18.2 Å². The Morgan fingerprint density at radius 3 is 2.42 bits per heavy atom. The van der Waals surface area contributed by atoms with Crippen LogP contribution >= 0.6 is 23.2 Å². The van der Waals surface area contributed by atoms with Crippen LogP contribution in [0.5, 0.6) is 5.75 Å². The van der Waals surface area contributed by atoms with E-state index in [-0.39, 0.29) is 12.2 Å². The summed E-state index contributed by atoms with van der Waals surface area (Å²) >= 11 is 12.1. The molecule has 2 unspecified atom stereocenters. The Labute approximate surface area is 148 Å². The number of phenols is 1. The second-order valence-corrected chi connectivity index (χ2v) is 6.60. The third-order valence-corrected chi connectivity index (χ3v) is 4.83. The molecule has 2 aromatic carbocycles. The standard InChI is InChI=1S/C17H14Cl2N2O3/c18-9-1-6-12(14(19)7-9)13-8-17(13,15(20)23)16(24)21-10-2-4-11(22)5-3-10/h1-7,13,22H,8H2,(H2,20,23)(H,21,24). The molecule has 1 aliphatic carbocycles. The Hall–Kier alpha value is -2.24. The molecule has 5 nitrogen and oxygen atoms in total. The topological polar surface area (TPSA) is 92.4 Å². The first-order valence-electron chi connectivity index (χ1n) is 7.20. The zero-order valence-electron chi connectivity index (χ0n) is 12.4. The number of halogens is 2. The van der Waals surface area contributed by atoms with Gasteiger partial charge in [0.1, 0.15) is 11.2 Å². The van der Waals surface area contributed by atoms with Gasteiger partial charge in [-0.1, -0.05) is 29.3 Å².